The molecule has 2 heterocycles. The van der Waals surface area contributed by atoms with Gasteiger partial charge in [-0.25, -0.2) is 9.37 Å². The molecular weight excluding hydrogens is 283 g/mol. The third-order valence-electron chi connectivity index (χ3n) is 3.97. The molecular formula is C16H19FN4O. The van der Waals surface area contributed by atoms with Crippen molar-refractivity contribution < 1.29 is 9.18 Å². The van der Waals surface area contributed by atoms with Gasteiger partial charge >= 0.3 is 0 Å². The van der Waals surface area contributed by atoms with Crippen LogP contribution < -0.4 is 16.0 Å². The number of aromatic nitrogens is 1. The molecule has 0 radical (unpaired) electrons. The van der Waals surface area contributed by atoms with Gasteiger partial charge in [0.15, 0.2) is 0 Å². The van der Waals surface area contributed by atoms with Crippen LogP contribution in [0.25, 0.3) is 10.9 Å². The summed E-state index contributed by atoms with van der Waals surface area (Å²) in [4.78, 5) is 18.2. The lowest BCUT2D eigenvalue weighted by atomic mass is 10.0. The van der Waals surface area contributed by atoms with E-state index in [0.29, 0.717) is 29.8 Å². The minimum Gasteiger partial charge on any atom is -0.353 e. The standard InChI is InChI=1S/C16H19FN4O/c1-9-3-4-13(17)12-7-11(10(2)18)16(20-15(9)12)21-6-5-19-14(22)8-21/h3-4,7,10H,5-6,8,18H2,1-2H3,(H,19,22). The van der Waals surface area contributed by atoms with Crippen molar-refractivity contribution in [2.75, 3.05) is 24.5 Å². The Morgan fingerprint density at radius 1 is 1.45 bits per heavy atom. The van der Waals surface area contributed by atoms with Gasteiger partial charge < -0.3 is 16.0 Å². The van der Waals surface area contributed by atoms with Crippen LogP contribution in [0.1, 0.15) is 24.1 Å². The second-order valence-corrected chi connectivity index (χ2v) is 5.72. The average Bonchev–Trinajstić information content (AvgIpc) is 2.50. The molecule has 0 bridgehead atoms. The summed E-state index contributed by atoms with van der Waals surface area (Å²) in [6, 6.07) is 4.62. The van der Waals surface area contributed by atoms with Gasteiger partial charge in [-0.15, -0.1) is 0 Å². The molecule has 3 N–H and O–H groups in total. The van der Waals surface area contributed by atoms with Gasteiger partial charge in [-0.3, -0.25) is 4.79 Å². The summed E-state index contributed by atoms with van der Waals surface area (Å²) in [7, 11) is 0. The molecule has 2 aromatic rings. The molecule has 1 aliphatic rings. The zero-order valence-electron chi connectivity index (χ0n) is 12.7. The minimum atomic E-state index is -0.307. The van der Waals surface area contributed by atoms with Gasteiger partial charge in [0.25, 0.3) is 0 Å². The molecule has 1 fully saturated rings. The highest BCUT2D eigenvalue weighted by molar-refractivity contribution is 5.87. The molecule has 1 unspecified atom stereocenters. The first-order valence-corrected chi connectivity index (χ1v) is 7.34. The Hall–Kier alpha value is -2.21. The first-order chi connectivity index (χ1) is 10.5. The number of carbonyl (C=O) groups is 1. The molecule has 1 aromatic heterocycles. The smallest absolute Gasteiger partial charge is 0.239 e. The number of rotatable bonds is 2. The van der Waals surface area contributed by atoms with Crippen LogP contribution in [0.2, 0.25) is 0 Å². The zero-order valence-corrected chi connectivity index (χ0v) is 12.7. The van der Waals surface area contributed by atoms with Crippen molar-refractivity contribution in [2.24, 2.45) is 5.73 Å². The maximum atomic E-state index is 14.1. The summed E-state index contributed by atoms with van der Waals surface area (Å²) in [5.41, 5.74) is 8.32. The van der Waals surface area contributed by atoms with Crippen LogP contribution in [0.4, 0.5) is 10.2 Å². The summed E-state index contributed by atoms with van der Waals surface area (Å²) in [6.07, 6.45) is 0. The van der Waals surface area contributed by atoms with Crippen LogP contribution in [0, 0.1) is 12.7 Å². The fraction of sp³-hybridized carbons (Fsp3) is 0.375. The molecule has 1 saturated heterocycles. The largest absolute Gasteiger partial charge is 0.353 e. The third-order valence-corrected chi connectivity index (χ3v) is 3.97. The van der Waals surface area contributed by atoms with E-state index >= 15 is 0 Å². The SMILES string of the molecule is Cc1ccc(F)c2cc(C(C)N)c(N3CCNC(=O)C3)nc12. The predicted molar refractivity (Wildman–Crippen MR) is 84.3 cm³/mol. The maximum absolute atomic E-state index is 14.1. The number of benzene rings is 1. The van der Waals surface area contributed by atoms with Crippen molar-refractivity contribution in [3.05, 3.63) is 35.1 Å². The van der Waals surface area contributed by atoms with E-state index in [9.17, 15) is 9.18 Å². The molecule has 1 aromatic carbocycles. The van der Waals surface area contributed by atoms with E-state index in [4.69, 9.17) is 5.73 Å². The Bertz CT molecular complexity index is 744. The monoisotopic (exact) mass is 302 g/mol. The number of pyridine rings is 1. The molecule has 6 heteroatoms. The fourth-order valence-electron chi connectivity index (χ4n) is 2.78. The first-order valence-electron chi connectivity index (χ1n) is 7.34. The van der Waals surface area contributed by atoms with Crippen LogP contribution in [0.15, 0.2) is 18.2 Å². The lowest BCUT2D eigenvalue weighted by Gasteiger charge is -2.30. The van der Waals surface area contributed by atoms with Gasteiger partial charge in [-0.2, -0.15) is 0 Å². The van der Waals surface area contributed by atoms with E-state index in [1.165, 1.54) is 6.07 Å². The number of hydrogen-bond donors (Lipinski definition) is 2. The van der Waals surface area contributed by atoms with E-state index in [2.05, 4.69) is 10.3 Å². The van der Waals surface area contributed by atoms with Crippen molar-refractivity contribution in [3.8, 4) is 0 Å². The van der Waals surface area contributed by atoms with Crippen LogP contribution >= 0.6 is 0 Å². The van der Waals surface area contributed by atoms with Crippen LogP contribution in [-0.2, 0) is 4.79 Å². The second kappa shape index (κ2) is 5.53. The Morgan fingerprint density at radius 2 is 2.23 bits per heavy atom. The number of halogens is 1. The van der Waals surface area contributed by atoms with Crippen molar-refractivity contribution in [2.45, 2.75) is 19.9 Å². The summed E-state index contributed by atoms with van der Waals surface area (Å²) < 4.78 is 14.1. The van der Waals surface area contributed by atoms with Gasteiger partial charge in [-0.05, 0) is 31.5 Å². The number of nitrogens with zero attached hydrogens (tertiary/aromatic N) is 2. The van der Waals surface area contributed by atoms with Crippen LogP contribution in [0.5, 0.6) is 0 Å². The van der Waals surface area contributed by atoms with Crippen LogP contribution in [-0.4, -0.2) is 30.5 Å². The number of anilines is 1. The number of hydrogen-bond acceptors (Lipinski definition) is 4. The minimum absolute atomic E-state index is 0.0419. The van der Waals surface area contributed by atoms with Gasteiger partial charge in [0.1, 0.15) is 11.6 Å². The highest BCUT2D eigenvalue weighted by Crippen LogP contribution is 2.30. The first kappa shape index (κ1) is 14.7. The van der Waals surface area contributed by atoms with E-state index in [0.717, 1.165) is 11.1 Å². The number of piperazine rings is 1. The normalized spacial score (nSPS) is 16.7. The Kier molecular flexibility index (Phi) is 3.70. The zero-order chi connectivity index (χ0) is 15.9. The molecule has 22 heavy (non-hydrogen) atoms. The van der Waals surface area contributed by atoms with E-state index in [-0.39, 0.29) is 24.3 Å². The van der Waals surface area contributed by atoms with Gasteiger partial charge in [0, 0.05) is 30.1 Å². The highest BCUT2D eigenvalue weighted by atomic mass is 19.1. The Morgan fingerprint density at radius 3 is 2.91 bits per heavy atom. The molecule has 116 valence electrons. The number of carbonyl (C=O) groups excluding carboxylic acids is 1. The quantitative estimate of drug-likeness (QED) is 0.884. The average molecular weight is 302 g/mol. The second-order valence-electron chi connectivity index (χ2n) is 5.72. The number of amides is 1. The summed E-state index contributed by atoms with van der Waals surface area (Å²) in [5, 5.41) is 3.26. The van der Waals surface area contributed by atoms with E-state index in [1.807, 2.05) is 18.7 Å². The molecule has 5 nitrogen and oxygen atoms in total. The molecule has 1 amide bonds. The topological polar surface area (TPSA) is 71.2 Å². The fourth-order valence-corrected chi connectivity index (χ4v) is 2.78. The Balaban J connectivity index is 2.21. The van der Waals surface area contributed by atoms with Crippen molar-refractivity contribution >= 4 is 22.6 Å². The van der Waals surface area contributed by atoms with Crippen molar-refractivity contribution in [3.63, 3.8) is 0 Å². The van der Waals surface area contributed by atoms with Gasteiger partial charge in [0.2, 0.25) is 5.91 Å². The summed E-state index contributed by atoms with van der Waals surface area (Å²) in [5.74, 6) is 0.323. The summed E-state index contributed by atoms with van der Waals surface area (Å²) >= 11 is 0. The number of fused-ring (bicyclic) bond motifs is 1. The van der Waals surface area contributed by atoms with Crippen LogP contribution in [0.3, 0.4) is 0 Å². The molecule has 0 aliphatic carbocycles. The lowest BCUT2D eigenvalue weighted by molar-refractivity contribution is -0.120. The molecule has 1 atom stereocenters. The Labute approximate surface area is 128 Å². The predicted octanol–water partition coefficient (Wildman–Crippen LogP) is 1.64. The highest BCUT2D eigenvalue weighted by Gasteiger charge is 2.23. The maximum Gasteiger partial charge on any atom is 0.239 e. The molecule has 0 spiro atoms. The van der Waals surface area contributed by atoms with E-state index < -0.39 is 0 Å². The van der Waals surface area contributed by atoms with Crippen molar-refractivity contribution in [1.82, 2.24) is 10.3 Å². The molecule has 3 rings (SSSR count). The third kappa shape index (κ3) is 2.50. The number of aryl methyl sites for hydroxylation is 1. The van der Waals surface area contributed by atoms with Gasteiger partial charge in [-0.1, -0.05) is 6.07 Å². The van der Waals surface area contributed by atoms with E-state index in [1.54, 1.807) is 12.1 Å². The van der Waals surface area contributed by atoms with Gasteiger partial charge in [0.05, 0.1) is 12.1 Å². The molecule has 0 saturated carbocycles. The number of nitrogens with two attached hydrogens (primary N) is 1. The van der Waals surface area contributed by atoms with Crippen molar-refractivity contribution in [1.29, 1.82) is 0 Å². The molecule has 1 aliphatic heterocycles. The summed E-state index contributed by atoms with van der Waals surface area (Å²) in [6.45, 7) is 5.21. The lowest BCUT2D eigenvalue weighted by Crippen LogP contribution is -2.48. The number of nitrogens with one attached hydrogen (secondary N) is 1.